The van der Waals surface area contributed by atoms with Gasteiger partial charge in [-0.05, 0) is 40.8 Å². The van der Waals surface area contributed by atoms with Crippen molar-refractivity contribution < 1.29 is 18.6 Å². The highest BCUT2D eigenvalue weighted by Gasteiger charge is 2.08. The number of hydrogen-bond acceptors (Lipinski definition) is 3. The molecule has 3 nitrogen and oxygen atoms in total. The van der Waals surface area contributed by atoms with Crippen LogP contribution < -0.4 is 4.74 Å². The van der Waals surface area contributed by atoms with Gasteiger partial charge in [0.05, 0.1) is 19.8 Å². The summed E-state index contributed by atoms with van der Waals surface area (Å²) in [6, 6.07) is 21.6. The predicted octanol–water partition coefficient (Wildman–Crippen LogP) is 6.15. The summed E-state index contributed by atoms with van der Waals surface area (Å²) in [7, 11) is 1.63. The minimum Gasteiger partial charge on any atom is -0.491 e. The second-order valence-corrected chi connectivity index (χ2v) is 7.12. The van der Waals surface area contributed by atoms with Gasteiger partial charge in [0.1, 0.15) is 18.2 Å². The molecule has 0 saturated heterocycles. The second-order valence-electron chi connectivity index (χ2n) is 7.12. The molecule has 0 aliphatic carbocycles. The van der Waals surface area contributed by atoms with Gasteiger partial charge >= 0.3 is 0 Å². The molecule has 0 heterocycles. The molecule has 0 N–H and O–H groups in total. The van der Waals surface area contributed by atoms with Crippen LogP contribution in [0, 0.1) is 5.82 Å². The maximum absolute atomic E-state index is 14.6. The minimum absolute atomic E-state index is 0.301. The first-order chi connectivity index (χ1) is 14.7. The SMILES string of the molecule is CCCc1ccc(-c2ccc(-c3ccc(OCCOCCOC)cc3F)cc2)cc1. The number of ether oxygens (including phenoxy) is 3. The molecule has 158 valence electrons. The molecule has 0 bridgehead atoms. The normalized spacial score (nSPS) is 10.9. The molecule has 0 amide bonds. The van der Waals surface area contributed by atoms with E-state index in [1.165, 1.54) is 17.2 Å². The van der Waals surface area contributed by atoms with Gasteiger partial charge in [0, 0.05) is 18.7 Å². The highest BCUT2D eigenvalue weighted by Crippen LogP contribution is 2.29. The molecular weight excluding hydrogens is 379 g/mol. The summed E-state index contributed by atoms with van der Waals surface area (Å²) in [5, 5.41) is 0. The number of benzene rings is 3. The Morgan fingerprint density at radius 2 is 1.37 bits per heavy atom. The summed E-state index contributed by atoms with van der Waals surface area (Å²) in [5.74, 6) is 0.194. The van der Waals surface area contributed by atoms with Gasteiger partial charge in [-0.25, -0.2) is 4.39 Å². The molecule has 3 rings (SSSR count). The Labute approximate surface area is 178 Å². The van der Waals surface area contributed by atoms with Gasteiger partial charge in [-0.15, -0.1) is 0 Å². The largest absolute Gasteiger partial charge is 0.491 e. The highest BCUT2D eigenvalue weighted by atomic mass is 19.1. The van der Waals surface area contributed by atoms with E-state index in [-0.39, 0.29) is 5.82 Å². The van der Waals surface area contributed by atoms with E-state index in [0.29, 0.717) is 37.7 Å². The molecule has 0 radical (unpaired) electrons. The molecule has 0 aromatic heterocycles. The fourth-order valence-electron chi connectivity index (χ4n) is 3.28. The highest BCUT2D eigenvalue weighted by molar-refractivity contribution is 5.71. The maximum Gasteiger partial charge on any atom is 0.134 e. The third-order valence-electron chi connectivity index (χ3n) is 4.89. The molecule has 0 atom stereocenters. The Balaban J connectivity index is 1.61. The van der Waals surface area contributed by atoms with Gasteiger partial charge < -0.3 is 14.2 Å². The lowest BCUT2D eigenvalue weighted by Gasteiger charge is -2.10. The van der Waals surface area contributed by atoms with Crippen LogP contribution in [0.5, 0.6) is 5.75 Å². The van der Waals surface area contributed by atoms with Crippen LogP contribution in [0.1, 0.15) is 18.9 Å². The van der Waals surface area contributed by atoms with Crippen LogP contribution in [0.2, 0.25) is 0 Å². The van der Waals surface area contributed by atoms with Gasteiger partial charge in [-0.1, -0.05) is 61.9 Å². The van der Waals surface area contributed by atoms with Gasteiger partial charge in [-0.3, -0.25) is 0 Å². The number of rotatable bonds is 11. The summed E-state index contributed by atoms with van der Waals surface area (Å²) in [6.07, 6.45) is 2.24. The van der Waals surface area contributed by atoms with E-state index >= 15 is 0 Å². The van der Waals surface area contributed by atoms with Gasteiger partial charge in [0.2, 0.25) is 0 Å². The van der Waals surface area contributed by atoms with E-state index in [1.54, 1.807) is 19.2 Å². The van der Waals surface area contributed by atoms with Gasteiger partial charge in [-0.2, -0.15) is 0 Å². The van der Waals surface area contributed by atoms with Crippen LogP contribution in [-0.4, -0.2) is 33.5 Å². The first-order valence-electron chi connectivity index (χ1n) is 10.4. The van der Waals surface area contributed by atoms with E-state index in [9.17, 15) is 4.39 Å². The molecule has 0 unspecified atom stereocenters. The lowest BCUT2D eigenvalue weighted by molar-refractivity contribution is 0.0544. The number of hydrogen-bond donors (Lipinski definition) is 0. The average molecular weight is 409 g/mol. The minimum atomic E-state index is -0.301. The molecular formula is C26H29FO3. The van der Waals surface area contributed by atoms with Crippen molar-refractivity contribution in [1.29, 1.82) is 0 Å². The van der Waals surface area contributed by atoms with Crippen molar-refractivity contribution in [2.75, 3.05) is 33.5 Å². The lowest BCUT2D eigenvalue weighted by atomic mass is 9.98. The molecule has 0 aliphatic rings. The van der Waals surface area contributed by atoms with Crippen LogP contribution >= 0.6 is 0 Å². The molecule has 3 aromatic rings. The third-order valence-corrected chi connectivity index (χ3v) is 4.89. The molecule has 0 aliphatic heterocycles. The summed E-state index contributed by atoms with van der Waals surface area (Å²) in [5.41, 5.74) is 5.04. The molecule has 0 saturated carbocycles. The van der Waals surface area contributed by atoms with E-state index in [2.05, 4.69) is 31.2 Å². The van der Waals surface area contributed by atoms with E-state index < -0.39 is 0 Å². The Bertz CT molecular complexity index is 905. The molecule has 0 fully saturated rings. The fourth-order valence-corrected chi connectivity index (χ4v) is 3.28. The number of halogens is 1. The van der Waals surface area contributed by atoms with Crippen LogP contribution in [0.15, 0.2) is 66.7 Å². The van der Waals surface area contributed by atoms with E-state index in [1.807, 2.05) is 24.3 Å². The Kier molecular flexibility index (Phi) is 8.42. The quantitative estimate of drug-likeness (QED) is 0.356. The summed E-state index contributed by atoms with van der Waals surface area (Å²) >= 11 is 0. The molecule has 30 heavy (non-hydrogen) atoms. The Morgan fingerprint density at radius 1 is 0.733 bits per heavy atom. The average Bonchev–Trinajstić information content (AvgIpc) is 2.77. The summed E-state index contributed by atoms with van der Waals surface area (Å²) < 4.78 is 30.4. The molecule has 0 spiro atoms. The first kappa shape index (κ1) is 22.0. The van der Waals surface area contributed by atoms with Crippen molar-refractivity contribution in [3.63, 3.8) is 0 Å². The smallest absolute Gasteiger partial charge is 0.134 e. The van der Waals surface area contributed by atoms with Crippen LogP contribution in [0.4, 0.5) is 4.39 Å². The number of methoxy groups -OCH3 is 1. The standard InChI is InChI=1S/C26H29FO3/c1-3-4-20-5-7-21(8-6-20)22-9-11-23(12-10-22)25-14-13-24(19-26(25)27)30-18-17-29-16-15-28-2/h5-14,19H,3-4,15-18H2,1-2H3. The van der Waals surface area contributed by atoms with Crippen molar-refractivity contribution in [2.24, 2.45) is 0 Å². The van der Waals surface area contributed by atoms with Crippen molar-refractivity contribution in [1.82, 2.24) is 0 Å². The maximum atomic E-state index is 14.6. The second kappa shape index (κ2) is 11.5. The van der Waals surface area contributed by atoms with Crippen molar-refractivity contribution in [2.45, 2.75) is 19.8 Å². The van der Waals surface area contributed by atoms with Crippen molar-refractivity contribution in [3.05, 3.63) is 78.1 Å². The van der Waals surface area contributed by atoms with Crippen molar-refractivity contribution >= 4 is 0 Å². The zero-order valence-electron chi connectivity index (χ0n) is 17.7. The summed E-state index contributed by atoms with van der Waals surface area (Å²) in [4.78, 5) is 0. The third kappa shape index (κ3) is 6.15. The van der Waals surface area contributed by atoms with Gasteiger partial charge in [0.25, 0.3) is 0 Å². The Morgan fingerprint density at radius 3 is 2.00 bits per heavy atom. The van der Waals surface area contributed by atoms with Gasteiger partial charge in [0.15, 0.2) is 0 Å². The van der Waals surface area contributed by atoms with Crippen LogP contribution in [-0.2, 0) is 15.9 Å². The van der Waals surface area contributed by atoms with E-state index in [4.69, 9.17) is 14.2 Å². The first-order valence-corrected chi connectivity index (χ1v) is 10.4. The fraction of sp³-hybridized carbons (Fsp3) is 0.308. The van der Waals surface area contributed by atoms with Crippen molar-refractivity contribution in [3.8, 4) is 28.0 Å². The topological polar surface area (TPSA) is 27.7 Å². The Hall–Kier alpha value is -2.69. The van der Waals surface area contributed by atoms with E-state index in [0.717, 1.165) is 24.0 Å². The lowest BCUT2D eigenvalue weighted by Crippen LogP contribution is -2.10. The van der Waals surface area contributed by atoms with Crippen LogP contribution in [0.25, 0.3) is 22.3 Å². The zero-order valence-corrected chi connectivity index (χ0v) is 17.7. The summed E-state index contributed by atoms with van der Waals surface area (Å²) in [6.45, 7) is 4.06. The number of aryl methyl sites for hydroxylation is 1. The van der Waals surface area contributed by atoms with Crippen LogP contribution in [0.3, 0.4) is 0 Å². The molecule has 4 heteroatoms. The monoisotopic (exact) mass is 408 g/mol. The molecule has 3 aromatic carbocycles. The predicted molar refractivity (Wildman–Crippen MR) is 119 cm³/mol. The zero-order chi connectivity index (χ0) is 21.2.